The van der Waals surface area contributed by atoms with E-state index in [1.807, 2.05) is 18.2 Å². The van der Waals surface area contributed by atoms with Crippen LogP contribution in [0.5, 0.6) is 0 Å². The molecule has 0 saturated carbocycles. The summed E-state index contributed by atoms with van der Waals surface area (Å²) >= 11 is 6.13. The molecule has 96 valence electrons. The van der Waals surface area contributed by atoms with Crippen LogP contribution in [0.1, 0.15) is 18.6 Å². The van der Waals surface area contributed by atoms with Crippen LogP contribution in [0.4, 0.5) is 5.69 Å². The molecule has 1 saturated heterocycles. The SMILES string of the molecule is CC(O)c1ccc(N2CCOC(C#N)C2)cc1Cl. The Morgan fingerprint density at radius 1 is 1.61 bits per heavy atom. The van der Waals surface area contributed by atoms with E-state index in [0.717, 1.165) is 12.2 Å². The quantitative estimate of drug-likeness (QED) is 0.891. The average Bonchev–Trinajstić information content (AvgIpc) is 2.38. The lowest BCUT2D eigenvalue weighted by Crippen LogP contribution is -2.41. The molecular weight excluding hydrogens is 252 g/mol. The maximum atomic E-state index is 9.52. The van der Waals surface area contributed by atoms with Gasteiger partial charge < -0.3 is 14.7 Å². The van der Waals surface area contributed by atoms with Gasteiger partial charge in [-0.25, -0.2) is 0 Å². The number of nitriles is 1. The minimum Gasteiger partial charge on any atom is -0.389 e. The number of anilines is 1. The van der Waals surface area contributed by atoms with E-state index in [1.54, 1.807) is 6.92 Å². The topological polar surface area (TPSA) is 56.5 Å². The molecule has 1 aliphatic rings. The van der Waals surface area contributed by atoms with E-state index in [9.17, 15) is 5.11 Å². The van der Waals surface area contributed by atoms with Crippen molar-refractivity contribution in [3.8, 4) is 6.07 Å². The third kappa shape index (κ3) is 2.75. The summed E-state index contributed by atoms with van der Waals surface area (Å²) in [5.74, 6) is 0. The average molecular weight is 267 g/mol. The molecule has 0 aliphatic carbocycles. The second kappa shape index (κ2) is 5.57. The predicted molar refractivity (Wildman–Crippen MR) is 69.7 cm³/mol. The molecule has 0 radical (unpaired) electrons. The van der Waals surface area contributed by atoms with Crippen LogP contribution >= 0.6 is 11.6 Å². The maximum Gasteiger partial charge on any atom is 0.161 e. The Bertz CT molecular complexity index is 471. The summed E-state index contributed by atoms with van der Waals surface area (Å²) in [6, 6.07) is 7.66. The van der Waals surface area contributed by atoms with Gasteiger partial charge in [0.05, 0.1) is 25.3 Å². The molecule has 4 nitrogen and oxygen atoms in total. The summed E-state index contributed by atoms with van der Waals surface area (Å²) in [5, 5.41) is 18.9. The monoisotopic (exact) mass is 266 g/mol. The fourth-order valence-electron chi connectivity index (χ4n) is 2.01. The molecular formula is C13H15ClN2O2. The van der Waals surface area contributed by atoms with Gasteiger partial charge in [0.15, 0.2) is 6.10 Å². The normalized spacial score (nSPS) is 21.4. The Morgan fingerprint density at radius 2 is 2.39 bits per heavy atom. The molecule has 1 heterocycles. The van der Waals surface area contributed by atoms with Gasteiger partial charge in [0.25, 0.3) is 0 Å². The first-order valence-electron chi connectivity index (χ1n) is 5.85. The zero-order valence-electron chi connectivity index (χ0n) is 10.1. The Balaban J connectivity index is 2.19. The van der Waals surface area contributed by atoms with Crippen LogP contribution in [0.25, 0.3) is 0 Å². The van der Waals surface area contributed by atoms with Crippen LogP contribution in [-0.2, 0) is 4.74 Å². The van der Waals surface area contributed by atoms with Crippen molar-refractivity contribution in [2.24, 2.45) is 0 Å². The summed E-state index contributed by atoms with van der Waals surface area (Å²) in [7, 11) is 0. The molecule has 5 heteroatoms. The highest BCUT2D eigenvalue weighted by atomic mass is 35.5. The second-order valence-electron chi connectivity index (χ2n) is 4.32. The van der Waals surface area contributed by atoms with Crippen molar-refractivity contribution in [1.29, 1.82) is 5.26 Å². The summed E-state index contributed by atoms with van der Waals surface area (Å²) in [4.78, 5) is 2.06. The first-order chi connectivity index (χ1) is 8.61. The van der Waals surface area contributed by atoms with E-state index in [1.165, 1.54) is 0 Å². The molecule has 0 amide bonds. The third-order valence-electron chi connectivity index (χ3n) is 3.01. The van der Waals surface area contributed by atoms with Gasteiger partial charge in [-0.05, 0) is 24.6 Å². The van der Waals surface area contributed by atoms with Crippen molar-refractivity contribution in [3.05, 3.63) is 28.8 Å². The smallest absolute Gasteiger partial charge is 0.161 e. The molecule has 0 aromatic heterocycles. The fourth-order valence-corrected chi connectivity index (χ4v) is 2.35. The molecule has 2 rings (SSSR count). The Labute approximate surface area is 111 Å². The van der Waals surface area contributed by atoms with Gasteiger partial charge in [-0.1, -0.05) is 17.7 Å². The number of morpholine rings is 1. The number of hydrogen-bond acceptors (Lipinski definition) is 4. The summed E-state index contributed by atoms with van der Waals surface area (Å²) in [6.45, 7) is 3.50. The zero-order chi connectivity index (χ0) is 13.1. The highest BCUT2D eigenvalue weighted by molar-refractivity contribution is 6.31. The van der Waals surface area contributed by atoms with Crippen LogP contribution in [0.3, 0.4) is 0 Å². The molecule has 2 unspecified atom stereocenters. The van der Waals surface area contributed by atoms with Gasteiger partial charge >= 0.3 is 0 Å². The highest BCUT2D eigenvalue weighted by Crippen LogP contribution is 2.28. The third-order valence-corrected chi connectivity index (χ3v) is 3.34. The Morgan fingerprint density at radius 3 is 3.00 bits per heavy atom. The van der Waals surface area contributed by atoms with E-state index in [2.05, 4.69) is 11.0 Å². The van der Waals surface area contributed by atoms with Crippen LogP contribution < -0.4 is 4.90 Å². The van der Waals surface area contributed by atoms with Gasteiger partial charge in [0.2, 0.25) is 0 Å². The second-order valence-corrected chi connectivity index (χ2v) is 4.72. The van der Waals surface area contributed by atoms with Crippen LogP contribution in [0, 0.1) is 11.3 Å². The number of nitrogens with zero attached hydrogens (tertiary/aromatic N) is 2. The van der Waals surface area contributed by atoms with Crippen LogP contribution in [-0.4, -0.2) is 30.9 Å². The molecule has 1 N–H and O–H groups in total. The largest absolute Gasteiger partial charge is 0.389 e. The Hall–Kier alpha value is -1.28. The lowest BCUT2D eigenvalue weighted by Gasteiger charge is -2.32. The molecule has 0 bridgehead atoms. The highest BCUT2D eigenvalue weighted by Gasteiger charge is 2.20. The molecule has 1 aromatic rings. The van der Waals surface area contributed by atoms with Crippen molar-refractivity contribution in [2.45, 2.75) is 19.1 Å². The van der Waals surface area contributed by atoms with Gasteiger partial charge in [0, 0.05) is 17.3 Å². The van der Waals surface area contributed by atoms with E-state index < -0.39 is 12.2 Å². The lowest BCUT2D eigenvalue weighted by atomic mass is 10.1. The van der Waals surface area contributed by atoms with Crippen molar-refractivity contribution in [3.63, 3.8) is 0 Å². The zero-order valence-corrected chi connectivity index (χ0v) is 10.9. The van der Waals surface area contributed by atoms with Crippen LogP contribution in [0.2, 0.25) is 5.02 Å². The van der Waals surface area contributed by atoms with Gasteiger partial charge in [-0.3, -0.25) is 0 Å². The van der Waals surface area contributed by atoms with E-state index in [4.69, 9.17) is 21.6 Å². The molecule has 0 spiro atoms. The summed E-state index contributed by atoms with van der Waals surface area (Å²) < 4.78 is 5.30. The number of aliphatic hydroxyl groups is 1. The van der Waals surface area contributed by atoms with Crippen molar-refractivity contribution < 1.29 is 9.84 Å². The number of benzene rings is 1. The van der Waals surface area contributed by atoms with Crippen LogP contribution in [0.15, 0.2) is 18.2 Å². The number of ether oxygens (including phenoxy) is 1. The van der Waals surface area contributed by atoms with E-state index >= 15 is 0 Å². The number of halogens is 1. The molecule has 2 atom stereocenters. The first-order valence-corrected chi connectivity index (χ1v) is 6.23. The van der Waals surface area contributed by atoms with Crippen molar-refractivity contribution in [1.82, 2.24) is 0 Å². The van der Waals surface area contributed by atoms with Gasteiger partial charge in [0.1, 0.15) is 0 Å². The van der Waals surface area contributed by atoms with Crippen molar-refractivity contribution in [2.75, 3.05) is 24.6 Å². The fraction of sp³-hybridized carbons (Fsp3) is 0.462. The lowest BCUT2D eigenvalue weighted by molar-refractivity contribution is 0.0764. The minimum atomic E-state index is -0.580. The first kappa shape index (κ1) is 13.2. The number of hydrogen-bond donors (Lipinski definition) is 1. The molecule has 1 aromatic carbocycles. The molecule has 18 heavy (non-hydrogen) atoms. The van der Waals surface area contributed by atoms with E-state index in [-0.39, 0.29) is 0 Å². The number of aliphatic hydroxyl groups excluding tert-OH is 1. The summed E-state index contributed by atoms with van der Waals surface area (Å²) in [6.07, 6.45) is -0.975. The molecule has 1 aliphatic heterocycles. The van der Waals surface area contributed by atoms with Gasteiger partial charge in [-0.2, -0.15) is 5.26 Å². The Kier molecular flexibility index (Phi) is 4.07. The maximum absolute atomic E-state index is 9.52. The van der Waals surface area contributed by atoms with Crippen molar-refractivity contribution >= 4 is 17.3 Å². The van der Waals surface area contributed by atoms with E-state index in [0.29, 0.717) is 23.7 Å². The molecule has 1 fully saturated rings. The minimum absolute atomic E-state index is 0.394. The summed E-state index contributed by atoms with van der Waals surface area (Å²) in [5.41, 5.74) is 1.67. The number of rotatable bonds is 2. The standard InChI is InChI=1S/C13H15ClN2O2/c1-9(17)12-3-2-10(6-13(12)14)16-4-5-18-11(7-15)8-16/h2-3,6,9,11,17H,4-5,8H2,1H3. The van der Waals surface area contributed by atoms with Gasteiger partial charge in [-0.15, -0.1) is 0 Å². The predicted octanol–water partition coefficient (Wildman–Crippen LogP) is 2.12.